The summed E-state index contributed by atoms with van der Waals surface area (Å²) in [4.78, 5) is 5.04. The molecule has 5 heteroatoms. The van der Waals surface area contributed by atoms with Gasteiger partial charge in [-0.25, -0.2) is 4.98 Å². The molecule has 0 amide bonds. The van der Waals surface area contributed by atoms with Crippen LogP contribution in [0.15, 0.2) is 41.4 Å². The number of rotatable bonds is 3. The van der Waals surface area contributed by atoms with Gasteiger partial charge in [0.25, 0.3) is 0 Å². The number of anilines is 1. The van der Waals surface area contributed by atoms with Gasteiger partial charge in [0.05, 0.1) is 10.7 Å². The van der Waals surface area contributed by atoms with Crippen molar-refractivity contribution in [1.82, 2.24) is 4.98 Å². The normalized spacial score (nSPS) is 10.0. The first-order valence-corrected chi connectivity index (χ1v) is 6.59. The summed E-state index contributed by atoms with van der Waals surface area (Å²) in [5.41, 5.74) is 7.60. The van der Waals surface area contributed by atoms with Crippen LogP contribution in [0.4, 0.5) is 5.69 Å². The third kappa shape index (κ3) is 2.95. The standard InChI is InChI=1S/C13H10ClN3S/c14-11-6-10(3-4-12(11)16)18-8-9-2-1-5-17-13(9)7-15/h1-6H,8,16H2. The summed E-state index contributed by atoms with van der Waals surface area (Å²) in [6.45, 7) is 0. The van der Waals surface area contributed by atoms with Crippen LogP contribution in [0.5, 0.6) is 0 Å². The molecule has 0 aliphatic heterocycles. The number of hydrogen-bond donors (Lipinski definition) is 1. The molecule has 90 valence electrons. The highest BCUT2D eigenvalue weighted by Gasteiger charge is 2.04. The number of nitrogen functional groups attached to an aromatic ring is 1. The van der Waals surface area contributed by atoms with E-state index in [0.717, 1.165) is 10.5 Å². The molecule has 0 aliphatic carbocycles. The number of nitriles is 1. The Bertz CT molecular complexity index is 607. The van der Waals surface area contributed by atoms with Crippen molar-refractivity contribution in [2.75, 3.05) is 5.73 Å². The number of nitrogens with two attached hydrogens (primary N) is 1. The molecule has 2 N–H and O–H groups in total. The lowest BCUT2D eigenvalue weighted by atomic mass is 10.2. The maximum absolute atomic E-state index is 8.94. The zero-order valence-corrected chi connectivity index (χ0v) is 11.0. The van der Waals surface area contributed by atoms with Crippen LogP contribution in [-0.4, -0.2) is 4.98 Å². The van der Waals surface area contributed by atoms with E-state index in [4.69, 9.17) is 22.6 Å². The highest BCUT2D eigenvalue weighted by atomic mass is 35.5. The van der Waals surface area contributed by atoms with E-state index in [2.05, 4.69) is 11.1 Å². The summed E-state index contributed by atoms with van der Waals surface area (Å²) < 4.78 is 0. The highest BCUT2D eigenvalue weighted by molar-refractivity contribution is 7.98. The smallest absolute Gasteiger partial charge is 0.144 e. The molecule has 0 atom stereocenters. The molecule has 1 aromatic heterocycles. The van der Waals surface area contributed by atoms with Crippen molar-refractivity contribution in [2.24, 2.45) is 0 Å². The average Bonchev–Trinajstić information content (AvgIpc) is 2.40. The minimum atomic E-state index is 0.464. The second-order valence-electron chi connectivity index (χ2n) is 3.59. The van der Waals surface area contributed by atoms with Crippen molar-refractivity contribution in [3.05, 3.63) is 52.8 Å². The van der Waals surface area contributed by atoms with Crippen LogP contribution in [0, 0.1) is 11.3 Å². The summed E-state index contributed by atoms with van der Waals surface area (Å²) in [6.07, 6.45) is 1.62. The Balaban J connectivity index is 2.12. The largest absolute Gasteiger partial charge is 0.398 e. The third-order valence-corrected chi connectivity index (χ3v) is 3.73. The Kier molecular flexibility index (Phi) is 4.08. The lowest BCUT2D eigenvalue weighted by Crippen LogP contribution is -1.91. The van der Waals surface area contributed by atoms with Crippen LogP contribution >= 0.6 is 23.4 Å². The molecule has 0 bridgehead atoms. The fraction of sp³-hybridized carbons (Fsp3) is 0.0769. The Hall–Kier alpha value is -1.70. The van der Waals surface area contributed by atoms with Crippen molar-refractivity contribution in [3.63, 3.8) is 0 Å². The number of thioether (sulfide) groups is 1. The zero-order chi connectivity index (χ0) is 13.0. The predicted molar refractivity (Wildman–Crippen MR) is 74.4 cm³/mol. The molecule has 3 nitrogen and oxygen atoms in total. The number of pyridine rings is 1. The van der Waals surface area contributed by atoms with Crippen LogP contribution in [0.3, 0.4) is 0 Å². The van der Waals surface area contributed by atoms with Crippen molar-refractivity contribution in [3.8, 4) is 6.07 Å². The van der Waals surface area contributed by atoms with Gasteiger partial charge in [-0.1, -0.05) is 17.7 Å². The zero-order valence-electron chi connectivity index (χ0n) is 9.43. The van der Waals surface area contributed by atoms with Gasteiger partial charge >= 0.3 is 0 Å². The van der Waals surface area contributed by atoms with E-state index in [9.17, 15) is 0 Å². The minimum Gasteiger partial charge on any atom is -0.398 e. The Morgan fingerprint density at radius 1 is 1.39 bits per heavy atom. The number of aromatic nitrogens is 1. The van der Waals surface area contributed by atoms with Crippen molar-refractivity contribution >= 4 is 29.1 Å². The lowest BCUT2D eigenvalue weighted by Gasteiger charge is -2.05. The van der Waals surface area contributed by atoms with Crippen molar-refractivity contribution < 1.29 is 0 Å². The molecule has 18 heavy (non-hydrogen) atoms. The summed E-state index contributed by atoms with van der Waals surface area (Å²) in [6, 6.07) is 11.3. The fourth-order valence-electron chi connectivity index (χ4n) is 1.41. The van der Waals surface area contributed by atoms with Crippen molar-refractivity contribution in [2.45, 2.75) is 10.6 Å². The summed E-state index contributed by atoms with van der Waals surface area (Å²) in [7, 11) is 0. The molecule has 0 spiro atoms. The predicted octanol–water partition coefficient (Wildman–Crippen LogP) is 3.48. The first-order chi connectivity index (χ1) is 8.70. The van der Waals surface area contributed by atoms with Crippen LogP contribution in [0.2, 0.25) is 5.02 Å². The first kappa shape index (κ1) is 12.7. The minimum absolute atomic E-state index is 0.464. The van der Waals surface area contributed by atoms with Gasteiger partial charge in [-0.3, -0.25) is 0 Å². The SMILES string of the molecule is N#Cc1ncccc1CSc1ccc(N)c(Cl)c1. The molecular weight excluding hydrogens is 266 g/mol. The second-order valence-corrected chi connectivity index (χ2v) is 5.05. The maximum Gasteiger partial charge on any atom is 0.144 e. The van der Waals surface area contributed by atoms with E-state index < -0.39 is 0 Å². The molecule has 2 rings (SSSR count). The maximum atomic E-state index is 8.94. The Labute approximate surface area is 115 Å². The van der Waals surface area contributed by atoms with Gasteiger partial charge in [0, 0.05) is 16.8 Å². The van der Waals surface area contributed by atoms with E-state index in [-0.39, 0.29) is 0 Å². The number of nitrogens with zero attached hydrogens (tertiary/aromatic N) is 2. The van der Waals surface area contributed by atoms with Crippen LogP contribution < -0.4 is 5.73 Å². The molecule has 0 radical (unpaired) electrons. The third-order valence-electron chi connectivity index (χ3n) is 2.36. The highest BCUT2D eigenvalue weighted by Crippen LogP contribution is 2.28. The van der Waals surface area contributed by atoms with E-state index in [1.807, 2.05) is 24.3 Å². The van der Waals surface area contributed by atoms with Gasteiger partial charge in [0.15, 0.2) is 0 Å². The monoisotopic (exact) mass is 275 g/mol. The molecule has 1 heterocycles. The molecule has 0 saturated carbocycles. The van der Waals surface area contributed by atoms with Gasteiger partial charge < -0.3 is 5.73 Å². The molecule has 1 aromatic carbocycles. The molecule has 0 unspecified atom stereocenters. The topological polar surface area (TPSA) is 62.7 Å². The molecule has 0 aliphatic rings. The van der Waals surface area contributed by atoms with E-state index in [1.165, 1.54) is 0 Å². The summed E-state index contributed by atoms with van der Waals surface area (Å²) in [5, 5.41) is 9.48. The Morgan fingerprint density at radius 2 is 2.22 bits per heavy atom. The number of halogens is 1. The van der Waals surface area contributed by atoms with Crippen molar-refractivity contribution in [1.29, 1.82) is 5.26 Å². The van der Waals surface area contributed by atoms with Gasteiger partial charge in [-0.05, 0) is 29.8 Å². The molecule has 2 aromatic rings. The van der Waals surface area contributed by atoms with Gasteiger partial charge in [0.1, 0.15) is 11.8 Å². The fourth-order valence-corrected chi connectivity index (χ4v) is 2.58. The molecular formula is C13H10ClN3S. The second kappa shape index (κ2) is 5.76. The average molecular weight is 276 g/mol. The van der Waals surface area contributed by atoms with Crippen LogP contribution in [-0.2, 0) is 5.75 Å². The quantitative estimate of drug-likeness (QED) is 0.688. The number of hydrogen-bond acceptors (Lipinski definition) is 4. The first-order valence-electron chi connectivity index (χ1n) is 5.22. The number of benzene rings is 1. The van der Waals surface area contributed by atoms with Crippen LogP contribution in [0.25, 0.3) is 0 Å². The van der Waals surface area contributed by atoms with Crippen LogP contribution in [0.1, 0.15) is 11.3 Å². The molecule has 0 saturated heterocycles. The Morgan fingerprint density at radius 3 is 2.94 bits per heavy atom. The summed E-state index contributed by atoms with van der Waals surface area (Å²) in [5.74, 6) is 0.678. The van der Waals surface area contributed by atoms with Gasteiger partial charge in [-0.15, -0.1) is 11.8 Å². The van der Waals surface area contributed by atoms with E-state index in [1.54, 1.807) is 24.0 Å². The van der Waals surface area contributed by atoms with Gasteiger partial charge in [0.2, 0.25) is 0 Å². The van der Waals surface area contributed by atoms with E-state index in [0.29, 0.717) is 22.2 Å². The molecule has 0 fully saturated rings. The summed E-state index contributed by atoms with van der Waals surface area (Å²) >= 11 is 7.55. The lowest BCUT2D eigenvalue weighted by molar-refractivity contribution is 1.19. The van der Waals surface area contributed by atoms with Gasteiger partial charge in [-0.2, -0.15) is 5.26 Å². The van der Waals surface area contributed by atoms with E-state index >= 15 is 0 Å².